The van der Waals surface area contributed by atoms with Crippen LogP contribution < -0.4 is 15.5 Å². The molecule has 0 saturated carbocycles. The standard InChI is InChI=1S/C31H33F2N7O4S/c1-14(2)37-20-10-40(11-21(20)42-6)29-36-8-16-17-12-43-13-18(17)22(25(33)26(16)38-29)24-19(32)9-35-28-23(24)15(7-34)27(45-28)39-30(41)44-31(3,4)5/h8-9,14,20-21,37H,10-13H2,1-6H3,(H,39,41)/t20-,21+/m1/s1. The van der Waals surface area contributed by atoms with Crippen molar-refractivity contribution in [2.75, 3.05) is 30.4 Å². The van der Waals surface area contributed by atoms with E-state index in [9.17, 15) is 10.1 Å². The molecule has 2 N–H and O–H groups in total. The molecule has 3 aromatic heterocycles. The predicted molar refractivity (Wildman–Crippen MR) is 166 cm³/mol. The van der Waals surface area contributed by atoms with Gasteiger partial charge in [0.1, 0.15) is 32.8 Å². The van der Waals surface area contributed by atoms with Gasteiger partial charge in [-0.05, 0) is 31.9 Å². The summed E-state index contributed by atoms with van der Waals surface area (Å²) in [4.78, 5) is 28.1. The Labute approximate surface area is 262 Å². The van der Waals surface area contributed by atoms with Crippen LogP contribution >= 0.6 is 11.3 Å². The van der Waals surface area contributed by atoms with E-state index >= 15 is 8.78 Å². The van der Waals surface area contributed by atoms with E-state index in [0.29, 0.717) is 35.6 Å². The minimum Gasteiger partial charge on any atom is -0.444 e. The molecule has 14 heteroatoms. The fourth-order valence-corrected chi connectivity index (χ4v) is 6.95. The van der Waals surface area contributed by atoms with E-state index in [1.165, 1.54) is 0 Å². The Balaban J connectivity index is 1.51. The highest BCUT2D eigenvalue weighted by Crippen LogP contribution is 2.46. The maximum Gasteiger partial charge on any atom is 0.412 e. The summed E-state index contributed by atoms with van der Waals surface area (Å²) in [5.74, 6) is -1.27. The number of methoxy groups -OCH3 is 1. The average molecular weight is 638 g/mol. The number of benzene rings is 1. The Morgan fingerprint density at radius 3 is 2.62 bits per heavy atom. The van der Waals surface area contributed by atoms with Crippen molar-refractivity contribution in [3.05, 3.63) is 40.7 Å². The molecule has 0 spiro atoms. The zero-order valence-corrected chi connectivity index (χ0v) is 26.6. The number of hydrogen-bond donors (Lipinski definition) is 2. The van der Waals surface area contributed by atoms with Crippen LogP contribution in [0, 0.1) is 23.0 Å². The molecule has 5 heterocycles. The molecule has 1 fully saturated rings. The van der Waals surface area contributed by atoms with Gasteiger partial charge < -0.3 is 24.4 Å². The van der Waals surface area contributed by atoms with Crippen molar-refractivity contribution in [2.24, 2.45) is 0 Å². The fraction of sp³-hybridized carbons (Fsp3) is 0.452. The Hall–Kier alpha value is -4.03. The molecule has 6 rings (SSSR count). The molecule has 2 aliphatic heterocycles. The molecule has 0 bridgehead atoms. The summed E-state index contributed by atoms with van der Waals surface area (Å²) in [7, 11) is 1.65. The first-order valence-electron chi connectivity index (χ1n) is 14.5. The molecule has 0 aliphatic carbocycles. The summed E-state index contributed by atoms with van der Waals surface area (Å²) in [6, 6.07) is 2.31. The number of thiophene rings is 1. The average Bonchev–Trinajstić information content (AvgIpc) is 3.69. The molecule has 2 atom stereocenters. The van der Waals surface area contributed by atoms with Gasteiger partial charge in [-0.2, -0.15) is 5.26 Å². The smallest absolute Gasteiger partial charge is 0.412 e. The van der Waals surface area contributed by atoms with Crippen molar-refractivity contribution in [1.82, 2.24) is 20.3 Å². The summed E-state index contributed by atoms with van der Waals surface area (Å²) in [5, 5.41) is 16.9. The molecule has 1 aromatic carbocycles. The number of halogens is 2. The molecule has 1 amide bonds. The molecule has 1 saturated heterocycles. The number of nitrogens with zero attached hydrogens (tertiary/aromatic N) is 5. The van der Waals surface area contributed by atoms with Gasteiger partial charge in [0.05, 0.1) is 37.1 Å². The van der Waals surface area contributed by atoms with Gasteiger partial charge in [-0.1, -0.05) is 25.2 Å². The Kier molecular flexibility index (Phi) is 8.07. The number of nitrogens with one attached hydrogen (secondary N) is 2. The van der Waals surface area contributed by atoms with Crippen LogP contribution in [-0.4, -0.2) is 65.0 Å². The van der Waals surface area contributed by atoms with Crippen LogP contribution in [0.15, 0.2) is 12.4 Å². The molecular weight excluding hydrogens is 604 g/mol. The van der Waals surface area contributed by atoms with Gasteiger partial charge in [-0.25, -0.2) is 28.5 Å². The number of carbonyl (C=O) groups is 1. The predicted octanol–water partition coefficient (Wildman–Crippen LogP) is 5.64. The quantitative estimate of drug-likeness (QED) is 0.274. The van der Waals surface area contributed by atoms with Gasteiger partial charge in [0.15, 0.2) is 5.82 Å². The summed E-state index contributed by atoms with van der Waals surface area (Å²) >= 11 is 0.973. The Bertz CT molecular complexity index is 1870. The van der Waals surface area contributed by atoms with Crippen LogP contribution in [0.1, 0.15) is 51.3 Å². The van der Waals surface area contributed by atoms with Crippen molar-refractivity contribution >= 4 is 49.5 Å². The lowest BCUT2D eigenvalue weighted by Crippen LogP contribution is -2.43. The monoisotopic (exact) mass is 637 g/mol. The van der Waals surface area contributed by atoms with E-state index in [-0.39, 0.29) is 68.8 Å². The van der Waals surface area contributed by atoms with Gasteiger partial charge in [-0.15, -0.1) is 0 Å². The second-order valence-corrected chi connectivity index (χ2v) is 13.4. The van der Waals surface area contributed by atoms with Gasteiger partial charge in [0, 0.05) is 54.3 Å². The maximum absolute atomic E-state index is 16.9. The van der Waals surface area contributed by atoms with Crippen molar-refractivity contribution in [2.45, 2.75) is 71.6 Å². The molecule has 2 aliphatic rings. The number of pyridine rings is 1. The van der Waals surface area contributed by atoms with E-state index in [1.807, 2.05) is 4.90 Å². The SMILES string of the molecule is CO[C@H]1CN(c2ncc3c4c(c(-c5c(F)cnc6sc(NC(=O)OC(C)(C)C)c(C#N)c56)c(F)c3n2)COC4)C[C@H]1NC(C)C. The molecule has 4 aromatic rings. The second-order valence-electron chi connectivity index (χ2n) is 12.4. The number of aromatic nitrogens is 3. The molecule has 11 nitrogen and oxygen atoms in total. The second kappa shape index (κ2) is 11.7. The van der Waals surface area contributed by atoms with Crippen LogP contribution in [0.4, 0.5) is 24.5 Å². The minimum atomic E-state index is -0.827. The van der Waals surface area contributed by atoms with Crippen LogP contribution in [0.25, 0.3) is 32.2 Å². The largest absolute Gasteiger partial charge is 0.444 e. The highest BCUT2D eigenvalue weighted by Gasteiger charge is 2.36. The molecule has 236 valence electrons. The summed E-state index contributed by atoms with van der Waals surface area (Å²) < 4.78 is 49.5. The number of amides is 1. The van der Waals surface area contributed by atoms with Crippen molar-refractivity contribution < 1.29 is 27.8 Å². The highest BCUT2D eigenvalue weighted by molar-refractivity contribution is 7.23. The topological polar surface area (TPSA) is 135 Å². The summed E-state index contributed by atoms with van der Waals surface area (Å²) in [6.07, 6.45) is 1.66. The van der Waals surface area contributed by atoms with Gasteiger partial charge in [-0.3, -0.25) is 5.32 Å². The normalized spacial score (nSPS) is 18.2. The number of hydrogen-bond acceptors (Lipinski definition) is 11. The lowest BCUT2D eigenvalue weighted by molar-refractivity contribution is 0.0636. The van der Waals surface area contributed by atoms with Gasteiger partial charge in [0.25, 0.3) is 0 Å². The molecule has 0 unspecified atom stereocenters. The van der Waals surface area contributed by atoms with E-state index in [2.05, 4.69) is 45.5 Å². The number of fused-ring (bicyclic) bond motifs is 4. The zero-order valence-electron chi connectivity index (χ0n) is 25.7. The molecule has 0 radical (unpaired) electrons. The Morgan fingerprint density at radius 2 is 1.93 bits per heavy atom. The number of nitriles is 1. The third kappa shape index (κ3) is 5.65. The number of ether oxygens (including phenoxy) is 3. The van der Waals surface area contributed by atoms with E-state index in [4.69, 9.17) is 14.2 Å². The van der Waals surface area contributed by atoms with Crippen LogP contribution in [0.3, 0.4) is 0 Å². The fourth-order valence-electron chi connectivity index (χ4n) is 5.96. The first-order chi connectivity index (χ1) is 21.4. The number of rotatable bonds is 6. The lowest BCUT2D eigenvalue weighted by atomic mass is 9.91. The maximum atomic E-state index is 16.9. The minimum absolute atomic E-state index is 0.0127. The molecule has 45 heavy (non-hydrogen) atoms. The first-order valence-corrected chi connectivity index (χ1v) is 15.3. The van der Waals surface area contributed by atoms with Gasteiger partial charge >= 0.3 is 6.09 Å². The van der Waals surface area contributed by atoms with Crippen molar-refractivity contribution in [3.63, 3.8) is 0 Å². The third-order valence-corrected chi connectivity index (χ3v) is 8.75. The number of carbonyl (C=O) groups excluding carboxylic acids is 1. The molecular formula is C31H33F2N7O4S. The van der Waals surface area contributed by atoms with Crippen LogP contribution in [-0.2, 0) is 27.4 Å². The van der Waals surface area contributed by atoms with Crippen LogP contribution in [0.2, 0.25) is 0 Å². The lowest BCUT2D eigenvalue weighted by Gasteiger charge is -2.20. The van der Waals surface area contributed by atoms with Crippen molar-refractivity contribution in [3.8, 4) is 17.2 Å². The van der Waals surface area contributed by atoms with Crippen molar-refractivity contribution in [1.29, 1.82) is 5.26 Å². The van der Waals surface area contributed by atoms with E-state index in [1.54, 1.807) is 34.1 Å². The first kappa shape index (κ1) is 31.0. The third-order valence-electron chi connectivity index (χ3n) is 7.74. The van der Waals surface area contributed by atoms with Gasteiger partial charge in [0.2, 0.25) is 5.95 Å². The highest BCUT2D eigenvalue weighted by atomic mass is 32.1. The summed E-state index contributed by atoms with van der Waals surface area (Å²) in [6.45, 7) is 10.5. The summed E-state index contributed by atoms with van der Waals surface area (Å²) in [5.41, 5.74) is 0.0640. The zero-order chi connectivity index (χ0) is 32.2. The van der Waals surface area contributed by atoms with E-state index in [0.717, 1.165) is 17.5 Å². The van der Waals surface area contributed by atoms with Crippen LogP contribution in [0.5, 0.6) is 0 Å². The Morgan fingerprint density at radius 1 is 1.18 bits per heavy atom. The van der Waals surface area contributed by atoms with E-state index < -0.39 is 23.3 Å². The number of anilines is 2.